The van der Waals surface area contributed by atoms with Crippen molar-refractivity contribution < 1.29 is 24.2 Å². The summed E-state index contributed by atoms with van der Waals surface area (Å²) in [5, 5.41) is 19.4. The average Bonchev–Trinajstić information content (AvgIpc) is 2.70. The predicted molar refractivity (Wildman–Crippen MR) is 110 cm³/mol. The molecular weight excluding hydrogens is 376 g/mol. The van der Waals surface area contributed by atoms with Crippen LogP contribution < -0.4 is 15.2 Å². The lowest BCUT2D eigenvalue weighted by Crippen LogP contribution is -2.34. The molecule has 0 aliphatic heterocycles. The lowest BCUT2D eigenvalue weighted by molar-refractivity contribution is 0.200. The van der Waals surface area contributed by atoms with E-state index in [1.807, 2.05) is 6.07 Å². The van der Waals surface area contributed by atoms with E-state index in [4.69, 9.17) is 4.42 Å². The van der Waals surface area contributed by atoms with E-state index in [2.05, 4.69) is 0 Å². The predicted octanol–water partition coefficient (Wildman–Crippen LogP) is 4.47. The highest BCUT2D eigenvalue weighted by atomic mass is 16.4. The van der Waals surface area contributed by atoms with Gasteiger partial charge in [0.05, 0.1) is 11.1 Å². The van der Waals surface area contributed by atoms with E-state index in [0.29, 0.717) is 5.56 Å². The van der Waals surface area contributed by atoms with Crippen molar-refractivity contribution in [3.63, 3.8) is 0 Å². The van der Waals surface area contributed by atoms with E-state index in [-0.39, 0.29) is 46.6 Å². The third-order valence-corrected chi connectivity index (χ3v) is 4.56. The molecule has 0 aliphatic rings. The second-order valence-corrected chi connectivity index (χ2v) is 6.20. The first kappa shape index (κ1) is 19.9. The molecule has 1 aromatic heterocycles. The summed E-state index contributed by atoms with van der Waals surface area (Å²) in [6.45, 7) is 3.38. The van der Waals surface area contributed by atoms with Crippen LogP contribution in [0.25, 0.3) is 22.3 Å². The quantitative estimate of drug-likeness (QED) is 0.658. The maximum Gasteiger partial charge on any atom is 0.411 e. The van der Waals surface area contributed by atoms with Gasteiger partial charge in [-0.15, -0.1) is 0 Å². The molecule has 2 amide bonds. The van der Waals surface area contributed by atoms with Crippen LogP contribution in [0, 0.1) is 0 Å². The molecule has 0 radical (unpaired) electrons. The molecule has 8 nitrogen and oxygen atoms in total. The maximum absolute atomic E-state index is 12.7. The van der Waals surface area contributed by atoms with Gasteiger partial charge in [-0.3, -0.25) is 14.6 Å². The van der Waals surface area contributed by atoms with Crippen molar-refractivity contribution >= 4 is 34.5 Å². The number of hydrogen-bond acceptors (Lipinski definition) is 4. The molecule has 0 saturated carbocycles. The fourth-order valence-corrected chi connectivity index (χ4v) is 3.22. The number of amides is 2. The largest absolute Gasteiger partial charge is 0.465 e. The molecule has 0 fully saturated rings. The minimum absolute atomic E-state index is 0.0247. The summed E-state index contributed by atoms with van der Waals surface area (Å²) in [5.41, 5.74) is 0.476. The fourth-order valence-electron chi connectivity index (χ4n) is 3.22. The van der Waals surface area contributed by atoms with Crippen molar-refractivity contribution in [2.75, 3.05) is 22.9 Å². The van der Waals surface area contributed by atoms with Crippen molar-refractivity contribution in [1.29, 1.82) is 0 Å². The molecule has 150 valence electrons. The molecule has 2 N–H and O–H groups in total. The minimum atomic E-state index is -1.28. The molecule has 29 heavy (non-hydrogen) atoms. The number of benzene rings is 2. The summed E-state index contributed by atoms with van der Waals surface area (Å²) < 4.78 is 5.98. The van der Waals surface area contributed by atoms with E-state index >= 15 is 0 Å². The highest BCUT2D eigenvalue weighted by molar-refractivity contribution is 6.07. The summed E-state index contributed by atoms with van der Waals surface area (Å²) in [6, 6.07) is 13.1. The zero-order chi connectivity index (χ0) is 21.1. The highest BCUT2D eigenvalue weighted by Crippen LogP contribution is 2.38. The Hall–Kier alpha value is -3.81. The number of anilines is 2. The van der Waals surface area contributed by atoms with Crippen molar-refractivity contribution in [3.05, 3.63) is 58.8 Å². The molecule has 3 rings (SSSR count). The van der Waals surface area contributed by atoms with Gasteiger partial charge in [0.2, 0.25) is 0 Å². The summed E-state index contributed by atoms with van der Waals surface area (Å²) in [7, 11) is 0. The molecule has 8 heteroatoms. The van der Waals surface area contributed by atoms with E-state index < -0.39 is 12.2 Å². The Morgan fingerprint density at radius 1 is 0.931 bits per heavy atom. The Bertz CT molecular complexity index is 1120. The van der Waals surface area contributed by atoms with Gasteiger partial charge in [0.1, 0.15) is 11.4 Å². The van der Waals surface area contributed by atoms with Crippen LogP contribution in [0.15, 0.2) is 57.7 Å². The fraction of sp³-hybridized carbons (Fsp3) is 0.190. The third kappa shape index (κ3) is 3.64. The molecule has 0 unspecified atom stereocenters. The van der Waals surface area contributed by atoms with E-state index in [0.717, 1.165) is 9.80 Å². The van der Waals surface area contributed by atoms with Crippen LogP contribution in [0.2, 0.25) is 0 Å². The molecule has 0 aliphatic carbocycles. The van der Waals surface area contributed by atoms with Gasteiger partial charge in [-0.1, -0.05) is 30.3 Å². The third-order valence-electron chi connectivity index (χ3n) is 4.56. The normalized spacial score (nSPS) is 10.7. The number of nitrogens with zero attached hydrogens (tertiary/aromatic N) is 2. The molecule has 0 spiro atoms. The van der Waals surface area contributed by atoms with E-state index in [1.165, 1.54) is 18.2 Å². The van der Waals surface area contributed by atoms with Gasteiger partial charge in [0.15, 0.2) is 11.0 Å². The Labute approximate surface area is 166 Å². The van der Waals surface area contributed by atoms with Crippen molar-refractivity contribution in [1.82, 2.24) is 0 Å². The second-order valence-electron chi connectivity index (χ2n) is 6.20. The first-order chi connectivity index (χ1) is 13.9. The van der Waals surface area contributed by atoms with Gasteiger partial charge in [-0.2, -0.15) is 0 Å². The Balaban J connectivity index is 2.43. The minimum Gasteiger partial charge on any atom is -0.465 e. The number of carboxylic acid groups (broad SMARTS) is 2. The number of carbonyl (C=O) groups is 2. The Morgan fingerprint density at radius 3 is 2.10 bits per heavy atom. The van der Waals surface area contributed by atoms with Crippen LogP contribution in [0.1, 0.15) is 13.8 Å². The van der Waals surface area contributed by atoms with E-state index in [9.17, 15) is 24.6 Å². The lowest BCUT2D eigenvalue weighted by Gasteiger charge is -2.26. The summed E-state index contributed by atoms with van der Waals surface area (Å²) >= 11 is 0. The second kappa shape index (κ2) is 8.05. The van der Waals surface area contributed by atoms with Crippen LogP contribution in [-0.4, -0.2) is 35.5 Å². The first-order valence-corrected chi connectivity index (χ1v) is 9.06. The zero-order valence-electron chi connectivity index (χ0n) is 16.0. The molecule has 1 heterocycles. The van der Waals surface area contributed by atoms with Crippen LogP contribution in [0.3, 0.4) is 0 Å². The number of fused-ring (bicyclic) bond motifs is 1. The molecule has 3 aromatic rings. The van der Waals surface area contributed by atoms with Gasteiger partial charge in [-0.05, 0) is 26.0 Å². The van der Waals surface area contributed by atoms with Crippen molar-refractivity contribution in [3.8, 4) is 11.3 Å². The van der Waals surface area contributed by atoms with Crippen LogP contribution in [0.5, 0.6) is 0 Å². The first-order valence-electron chi connectivity index (χ1n) is 9.06. The smallest absolute Gasteiger partial charge is 0.411 e. The molecule has 0 atom stereocenters. The van der Waals surface area contributed by atoms with Gasteiger partial charge in [0.25, 0.3) is 0 Å². The standard InChI is InChI=1S/C21H20N2O6/c1-3-22(20(25)26)15-11-10-14-16(24)12-17(13-8-6-5-7-9-13)29-19(14)18(15)23(4-2)21(27)28/h5-12H,3-4H2,1-2H3,(H,25,26)(H,27,28). The molecule has 0 saturated heterocycles. The van der Waals surface area contributed by atoms with Gasteiger partial charge in [0, 0.05) is 24.7 Å². The van der Waals surface area contributed by atoms with Gasteiger partial charge in [-0.25, -0.2) is 9.59 Å². The van der Waals surface area contributed by atoms with Crippen LogP contribution in [-0.2, 0) is 0 Å². The Morgan fingerprint density at radius 2 is 1.55 bits per heavy atom. The van der Waals surface area contributed by atoms with Crippen LogP contribution >= 0.6 is 0 Å². The molecule has 0 bridgehead atoms. The monoisotopic (exact) mass is 396 g/mol. The Kier molecular flexibility index (Phi) is 5.54. The van der Waals surface area contributed by atoms with Crippen molar-refractivity contribution in [2.45, 2.75) is 13.8 Å². The molecule has 2 aromatic carbocycles. The molecular formula is C21H20N2O6. The summed E-state index contributed by atoms with van der Waals surface area (Å²) in [4.78, 5) is 38.3. The lowest BCUT2D eigenvalue weighted by atomic mass is 10.1. The topological polar surface area (TPSA) is 111 Å². The number of rotatable bonds is 5. The van der Waals surface area contributed by atoms with E-state index in [1.54, 1.807) is 38.1 Å². The van der Waals surface area contributed by atoms with Gasteiger partial charge < -0.3 is 14.6 Å². The summed E-state index contributed by atoms with van der Waals surface area (Å²) in [6.07, 6.45) is -2.52. The number of hydrogen-bond donors (Lipinski definition) is 2. The maximum atomic E-state index is 12.7. The zero-order valence-corrected chi connectivity index (χ0v) is 16.0. The summed E-state index contributed by atoms with van der Waals surface area (Å²) in [5.74, 6) is 0.265. The van der Waals surface area contributed by atoms with Crippen LogP contribution in [0.4, 0.5) is 21.0 Å². The average molecular weight is 396 g/mol. The SMILES string of the molecule is CCN(C(=O)O)c1ccc2c(=O)cc(-c3ccccc3)oc2c1N(CC)C(=O)O. The van der Waals surface area contributed by atoms with Crippen molar-refractivity contribution in [2.24, 2.45) is 0 Å². The van der Waals surface area contributed by atoms with Gasteiger partial charge >= 0.3 is 12.2 Å². The highest BCUT2D eigenvalue weighted by Gasteiger charge is 2.27.